The van der Waals surface area contributed by atoms with Crippen molar-refractivity contribution in [1.82, 2.24) is 9.78 Å². The molecule has 0 bridgehead atoms. The van der Waals surface area contributed by atoms with Gasteiger partial charge in [-0.1, -0.05) is 0 Å². The average molecular weight is 322 g/mol. The van der Waals surface area contributed by atoms with E-state index in [1.54, 1.807) is 17.5 Å². The van der Waals surface area contributed by atoms with Crippen LogP contribution >= 0.6 is 43.2 Å². The van der Waals surface area contributed by atoms with Crippen LogP contribution in [0.2, 0.25) is 0 Å². The van der Waals surface area contributed by atoms with E-state index < -0.39 is 0 Å². The first-order chi connectivity index (χ1) is 6.25. The highest BCUT2D eigenvalue weighted by Gasteiger charge is 2.02. The molecule has 68 valence electrons. The summed E-state index contributed by atoms with van der Waals surface area (Å²) in [5.74, 6) is 0. The summed E-state index contributed by atoms with van der Waals surface area (Å²) in [7, 11) is 0. The van der Waals surface area contributed by atoms with Crippen LogP contribution in [0.25, 0.3) is 0 Å². The number of aromatic nitrogens is 2. The largest absolute Gasteiger partial charge is 0.267 e. The molecular weight excluding hydrogens is 316 g/mol. The summed E-state index contributed by atoms with van der Waals surface area (Å²) in [5.41, 5.74) is 1.26. The van der Waals surface area contributed by atoms with Crippen molar-refractivity contribution in [3.8, 4) is 0 Å². The number of rotatable bonds is 2. The first-order valence-electron chi connectivity index (χ1n) is 3.65. The third kappa shape index (κ3) is 2.21. The molecule has 2 nitrogen and oxygen atoms in total. The first-order valence-corrected chi connectivity index (χ1v) is 6.12. The standard InChI is InChI=1S/C8H6Br2N2S/c9-7-3-11-12(5-7)4-6-1-2-13-8(6)10/h1-3,5H,4H2. The molecule has 0 saturated carbocycles. The quantitative estimate of drug-likeness (QED) is 0.827. The third-order valence-electron chi connectivity index (χ3n) is 1.63. The van der Waals surface area contributed by atoms with Gasteiger partial charge in [0.05, 0.1) is 21.0 Å². The molecule has 0 aliphatic rings. The van der Waals surface area contributed by atoms with E-state index in [1.807, 2.05) is 10.9 Å². The zero-order chi connectivity index (χ0) is 9.26. The van der Waals surface area contributed by atoms with Crippen LogP contribution in [0.3, 0.4) is 0 Å². The van der Waals surface area contributed by atoms with Crippen molar-refractivity contribution >= 4 is 43.2 Å². The minimum Gasteiger partial charge on any atom is -0.267 e. The Kier molecular flexibility index (Phi) is 2.86. The number of hydrogen-bond donors (Lipinski definition) is 0. The normalized spacial score (nSPS) is 10.6. The lowest BCUT2D eigenvalue weighted by Gasteiger charge is -1.98. The summed E-state index contributed by atoms with van der Waals surface area (Å²) in [6.45, 7) is 0.815. The predicted molar refractivity (Wildman–Crippen MR) is 61.0 cm³/mol. The van der Waals surface area contributed by atoms with E-state index in [0.717, 1.165) is 11.0 Å². The Balaban J connectivity index is 2.19. The number of nitrogens with zero attached hydrogens (tertiary/aromatic N) is 2. The Hall–Kier alpha value is -0.130. The molecule has 2 aromatic heterocycles. The summed E-state index contributed by atoms with van der Waals surface area (Å²) >= 11 is 8.55. The molecule has 0 radical (unpaired) electrons. The van der Waals surface area contributed by atoms with Crippen molar-refractivity contribution in [2.45, 2.75) is 6.54 Å². The molecule has 0 saturated heterocycles. The fourth-order valence-corrected chi connectivity index (χ4v) is 2.58. The predicted octanol–water partition coefficient (Wildman–Crippen LogP) is 3.52. The van der Waals surface area contributed by atoms with E-state index in [0.29, 0.717) is 0 Å². The number of halogens is 2. The Morgan fingerprint density at radius 2 is 2.31 bits per heavy atom. The van der Waals surface area contributed by atoms with Crippen LogP contribution in [-0.4, -0.2) is 9.78 Å². The molecule has 0 aromatic carbocycles. The summed E-state index contributed by atoms with van der Waals surface area (Å²) in [4.78, 5) is 0. The molecule has 2 aromatic rings. The van der Waals surface area contributed by atoms with Crippen LogP contribution in [0.4, 0.5) is 0 Å². The SMILES string of the molecule is Brc1cnn(Cc2ccsc2Br)c1. The molecule has 0 unspecified atom stereocenters. The third-order valence-corrected chi connectivity index (χ3v) is 3.85. The minimum atomic E-state index is 0.815. The van der Waals surface area contributed by atoms with Crippen LogP contribution < -0.4 is 0 Å². The fourth-order valence-electron chi connectivity index (χ4n) is 1.03. The van der Waals surface area contributed by atoms with Crippen molar-refractivity contribution in [2.24, 2.45) is 0 Å². The molecule has 2 heterocycles. The maximum Gasteiger partial charge on any atom is 0.0749 e. The Bertz CT molecular complexity index is 408. The molecule has 0 N–H and O–H groups in total. The zero-order valence-corrected chi connectivity index (χ0v) is 10.6. The second-order valence-corrected chi connectivity index (χ2v) is 5.73. The molecule has 2 rings (SSSR count). The molecule has 5 heteroatoms. The average Bonchev–Trinajstić information content (AvgIpc) is 2.64. The smallest absolute Gasteiger partial charge is 0.0749 e. The second-order valence-electron chi connectivity index (χ2n) is 2.58. The fraction of sp³-hybridized carbons (Fsp3) is 0.125. The van der Waals surface area contributed by atoms with Gasteiger partial charge in [0.15, 0.2) is 0 Å². The summed E-state index contributed by atoms with van der Waals surface area (Å²) in [6.07, 6.45) is 3.75. The van der Waals surface area contributed by atoms with Crippen molar-refractivity contribution in [2.75, 3.05) is 0 Å². The highest BCUT2D eigenvalue weighted by atomic mass is 79.9. The molecule has 0 spiro atoms. The minimum absolute atomic E-state index is 0.815. The molecule has 13 heavy (non-hydrogen) atoms. The lowest BCUT2D eigenvalue weighted by molar-refractivity contribution is 0.687. The van der Waals surface area contributed by atoms with Crippen molar-refractivity contribution in [3.05, 3.63) is 37.7 Å². The summed E-state index contributed by atoms with van der Waals surface area (Å²) in [5, 5.41) is 6.25. The summed E-state index contributed by atoms with van der Waals surface area (Å²) in [6, 6.07) is 2.10. The molecule has 0 aliphatic carbocycles. The highest BCUT2D eigenvalue weighted by Crippen LogP contribution is 2.24. The van der Waals surface area contributed by atoms with Crippen LogP contribution in [0.15, 0.2) is 32.1 Å². The topological polar surface area (TPSA) is 17.8 Å². The van der Waals surface area contributed by atoms with Crippen LogP contribution in [-0.2, 0) is 6.54 Å². The van der Waals surface area contributed by atoms with Gasteiger partial charge in [0, 0.05) is 6.20 Å². The zero-order valence-electron chi connectivity index (χ0n) is 6.58. The first kappa shape index (κ1) is 9.43. The van der Waals surface area contributed by atoms with Gasteiger partial charge in [-0.15, -0.1) is 11.3 Å². The summed E-state index contributed by atoms with van der Waals surface area (Å²) < 4.78 is 4.09. The highest BCUT2D eigenvalue weighted by molar-refractivity contribution is 9.11. The lowest BCUT2D eigenvalue weighted by Crippen LogP contribution is -1.98. The number of thiophene rings is 1. The van der Waals surface area contributed by atoms with Crippen LogP contribution in [0, 0.1) is 0 Å². The van der Waals surface area contributed by atoms with E-state index in [4.69, 9.17) is 0 Å². The lowest BCUT2D eigenvalue weighted by atomic mass is 10.3. The Labute approximate surface area is 96.8 Å². The van der Waals surface area contributed by atoms with Gasteiger partial charge in [-0.2, -0.15) is 5.10 Å². The van der Waals surface area contributed by atoms with E-state index in [1.165, 1.54) is 9.35 Å². The van der Waals surface area contributed by atoms with Gasteiger partial charge in [0.25, 0.3) is 0 Å². The van der Waals surface area contributed by atoms with E-state index >= 15 is 0 Å². The maximum absolute atomic E-state index is 4.19. The molecular formula is C8H6Br2N2S. The second kappa shape index (κ2) is 3.94. The van der Waals surface area contributed by atoms with Gasteiger partial charge in [-0.3, -0.25) is 4.68 Å². The molecule has 0 aliphatic heterocycles. The molecule has 0 atom stereocenters. The van der Waals surface area contributed by atoms with Crippen molar-refractivity contribution in [3.63, 3.8) is 0 Å². The van der Waals surface area contributed by atoms with E-state index in [9.17, 15) is 0 Å². The van der Waals surface area contributed by atoms with Crippen LogP contribution in [0.5, 0.6) is 0 Å². The van der Waals surface area contributed by atoms with Gasteiger partial charge in [-0.25, -0.2) is 0 Å². The van der Waals surface area contributed by atoms with Gasteiger partial charge in [0.2, 0.25) is 0 Å². The van der Waals surface area contributed by atoms with Crippen LogP contribution in [0.1, 0.15) is 5.56 Å². The van der Waals surface area contributed by atoms with Crippen molar-refractivity contribution < 1.29 is 0 Å². The van der Waals surface area contributed by atoms with Gasteiger partial charge in [0.1, 0.15) is 0 Å². The Morgan fingerprint density at radius 1 is 1.46 bits per heavy atom. The molecule has 0 amide bonds. The number of hydrogen-bond acceptors (Lipinski definition) is 2. The van der Waals surface area contributed by atoms with Crippen molar-refractivity contribution in [1.29, 1.82) is 0 Å². The van der Waals surface area contributed by atoms with Gasteiger partial charge in [-0.05, 0) is 48.9 Å². The van der Waals surface area contributed by atoms with E-state index in [-0.39, 0.29) is 0 Å². The van der Waals surface area contributed by atoms with Gasteiger partial charge >= 0.3 is 0 Å². The Morgan fingerprint density at radius 3 is 2.85 bits per heavy atom. The van der Waals surface area contributed by atoms with E-state index in [2.05, 4.69) is 48.4 Å². The monoisotopic (exact) mass is 320 g/mol. The maximum atomic E-state index is 4.19. The van der Waals surface area contributed by atoms with Gasteiger partial charge < -0.3 is 0 Å². The molecule has 0 fully saturated rings.